The largest absolute Gasteiger partial charge is 0.497 e. The Labute approximate surface area is 112 Å². The zero-order valence-corrected chi connectivity index (χ0v) is 11.0. The number of amides is 2. The van der Waals surface area contributed by atoms with Crippen LogP contribution in [0.3, 0.4) is 0 Å². The molecule has 0 spiro atoms. The Morgan fingerprint density at radius 3 is 2.58 bits per heavy atom. The number of piperidine rings is 1. The van der Waals surface area contributed by atoms with Crippen LogP contribution in [0.15, 0.2) is 24.3 Å². The molecule has 2 N–H and O–H groups in total. The molecule has 0 unspecified atom stereocenters. The molecule has 1 aliphatic heterocycles. The third kappa shape index (κ3) is 2.93. The maximum absolute atomic E-state index is 12.0. The summed E-state index contributed by atoms with van der Waals surface area (Å²) in [5, 5.41) is 0. The first-order valence-corrected chi connectivity index (χ1v) is 6.33. The summed E-state index contributed by atoms with van der Waals surface area (Å²) in [6.45, 7) is 0.615. The highest BCUT2D eigenvalue weighted by Gasteiger charge is 2.32. The Bertz CT molecular complexity index is 469. The van der Waals surface area contributed by atoms with Gasteiger partial charge in [0.05, 0.1) is 7.11 Å². The van der Waals surface area contributed by atoms with Gasteiger partial charge in [-0.25, -0.2) is 0 Å². The molecule has 2 rings (SSSR count). The van der Waals surface area contributed by atoms with Crippen LogP contribution in [0.4, 0.5) is 0 Å². The van der Waals surface area contributed by atoms with Gasteiger partial charge < -0.3 is 10.5 Å². The molecule has 0 aliphatic carbocycles. The van der Waals surface area contributed by atoms with Crippen molar-refractivity contribution in [3.05, 3.63) is 29.8 Å². The fraction of sp³-hybridized carbons (Fsp3) is 0.429. The molecule has 0 saturated carbocycles. The summed E-state index contributed by atoms with van der Waals surface area (Å²) in [4.78, 5) is 25.2. The molecule has 5 heteroatoms. The normalized spacial score (nSPS) is 16.8. The minimum Gasteiger partial charge on any atom is -0.497 e. The van der Waals surface area contributed by atoms with Gasteiger partial charge in [-0.3, -0.25) is 14.5 Å². The Kier molecular flexibility index (Phi) is 4.16. The van der Waals surface area contributed by atoms with Crippen LogP contribution < -0.4 is 10.5 Å². The minimum atomic E-state index is -0.144. The first-order chi connectivity index (χ1) is 9.15. The van der Waals surface area contributed by atoms with Gasteiger partial charge in [0.25, 0.3) is 0 Å². The monoisotopic (exact) mass is 262 g/mol. The fourth-order valence-corrected chi connectivity index (χ4v) is 2.36. The van der Waals surface area contributed by atoms with Crippen molar-refractivity contribution >= 4 is 11.8 Å². The first kappa shape index (κ1) is 13.5. The Hall–Kier alpha value is -1.88. The van der Waals surface area contributed by atoms with E-state index in [1.807, 2.05) is 24.3 Å². The number of hydrogen-bond donors (Lipinski definition) is 1. The molecular formula is C14H18N2O3. The molecule has 2 amide bonds. The third-order valence-corrected chi connectivity index (χ3v) is 3.36. The van der Waals surface area contributed by atoms with Crippen molar-refractivity contribution < 1.29 is 14.3 Å². The van der Waals surface area contributed by atoms with Crippen molar-refractivity contribution in [1.29, 1.82) is 0 Å². The molecule has 1 aromatic carbocycles. The molecule has 0 atom stereocenters. The van der Waals surface area contributed by atoms with Crippen LogP contribution in [0.2, 0.25) is 0 Å². The lowest BCUT2D eigenvalue weighted by atomic mass is 9.88. The highest BCUT2D eigenvalue weighted by atomic mass is 16.5. The van der Waals surface area contributed by atoms with Crippen molar-refractivity contribution in [3.8, 4) is 5.75 Å². The molecule has 102 valence electrons. The van der Waals surface area contributed by atoms with Crippen LogP contribution in [-0.4, -0.2) is 36.9 Å². The van der Waals surface area contributed by atoms with Crippen molar-refractivity contribution in [2.24, 2.45) is 5.73 Å². The van der Waals surface area contributed by atoms with Gasteiger partial charge in [-0.05, 0) is 17.7 Å². The van der Waals surface area contributed by atoms with Gasteiger partial charge in [0.15, 0.2) is 0 Å². The van der Waals surface area contributed by atoms with E-state index < -0.39 is 0 Å². The molecule has 1 fully saturated rings. The van der Waals surface area contributed by atoms with E-state index in [0.29, 0.717) is 25.9 Å². The van der Waals surface area contributed by atoms with Crippen LogP contribution in [0.5, 0.6) is 5.75 Å². The lowest BCUT2D eigenvalue weighted by molar-refractivity contribution is -0.148. The number of imide groups is 1. The van der Waals surface area contributed by atoms with Gasteiger partial charge in [-0.1, -0.05) is 12.1 Å². The van der Waals surface area contributed by atoms with E-state index in [1.54, 1.807) is 7.11 Å². The Morgan fingerprint density at radius 1 is 1.32 bits per heavy atom. The summed E-state index contributed by atoms with van der Waals surface area (Å²) >= 11 is 0. The van der Waals surface area contributed by atoms with E-state index in [4.69, 9.17) is 10.5 Å². The van der Waals surface area contributed by atoms with E-state index in [-0.39, 0.29) is 17.7 Å². The van der Waals surface area contributed by atoms with E-state index in [9.17, 15) is 9.59 Å². The molecule has 0 aromatic heterocycles. The molecule has 1 saturated heterocycles. The topological polar surface area (TPSA) is 72.6 Å². The second-order valence-electron chi connectivity index (χ2n) is 4.61. The van der Waals surface area contributed by atoms with Gasteiger partial charge >= 0.3 is 0 Å². The maximum Gasteiger partial charge on any atom is 0.229 e. The van der Waals surface area contributed by atoms with Crippen LogP contribution in [-0.2, 0) is 9.59 Å². The van der Waals surface area contributed by atoms with Crippen LogP contribution in [0, 0.1) is 0 Å². The van der Waals surface area contributed by atoms with Gasteiger partial charge in [-0.2, -0.15) is 0 Å². The van der Waals surface area contributed by atoms with Crippen molar-refractivity contribution in [3.63, 3.8) is 0 Å². The van der Waals surface area contributed by atoms with Crippen molar-refractivity contribution in [2.75, 3.05) is 20.2 Å². The molecule has 1 aromatic rings. The number of ether oxygens (including phenoxy) is 1. The minimum absolute atomic E-state index is 0.0656. The average Bonchev–Trinajstić information content (AvgIpc) is 2.42. The third-order valence-electron chi connectivity index (χ3n) is 3.36. The molecule has 5 nitrogen and oxygen atoms in total. The zero-order valence-electron chi connectivity index (χ0n) is 11.0. The summed E-state index contributed by atoms with van der Waals surface area (Å²) in [6, 6.07) is 7.52. The van der Waals surface area contributed by atoms with Crippen LogP contribution in [0.25, 0.3) is 0 Å². The van der Waals surface area contributed by atoms with E-state index in [2.05, 4.69) is 0 Å². The molecule has 19 heavy (non-hydrogen) atoms. The summed E-state index contributed by atoms with van der Waals surface area (Å²) in [6.07, 6.45) is 0.692. The van der Waals surface area contributed by atoms with Gasteiger partial charge in [0, 0.05) is 31.8 Å². The number of carbonyl (C=O) groups is 2. The van der Waals surface area contributed by atoms with Crippen molar-refractivity contribution in [2.45, 2.75) is 18.8 Å². The number of nitrogens with two attached hydrogens (primary N) is 1. The van der Waals surface area contributed by atoms with E-state index in [1.165, 1.54) is 4.90 Å². The predicted molar refractivity (Wildman–Crippen MR) is 70.7 cm³/mol. The number of carbonyl (C=O) groups excluding carboxylic acids is 2. The summed E-state index contributed by atoms with van der Waals surface area (Å²) in [7, 11) is 1.60. The smallest absolute Gasteiger partial charge is 0.229 e. The number of rotatable bonds is 4. The van der Waals surface area contributed by atoms with Gasteiger partial charge in [0.2, 0.25) is 11.8 Å². The maximum atomic E-state index is 12.0. The molecule has 0 radical (unpaired) electrons. The predicted octanol–water partition coefficient (Wildman–Crippen LogP) is 0.886. The quantitative estimate of drug-likeness (QED) is 0.818. The Morgan fingerprint density at radius 2 is 2.00 bits per heavy atom. The lowest BCUT2D eigenvalue weighted by Crippen LogP contribution is -2.44. The molecule has 0 bridgehead atoms. The number of hydrogen-bond acceptors (Lipinski definition) is 4. The molecule has 1 aliphatic rings. The number of nitrogens with zero attached hydrogens (tertiary/aromatic N) is 1. The summed E-state index contributed by atoms with van der Waals surface area (Å²) < 4.78 is 5.16. The second-order valence-corrected chi connectivity index (χ2v) is 4.61. The summed E-state index contributed by atoms with van der Waals surface area (Å²) in [5.74, 6) is 0.384. The van der Waals surface area contributed by atoms with Gasteiger partial charge in [-0.15, -0.1) is 0 Å². The molecule has 1 heterocycles. The Balaban J connectivity index is 2.15. The van der Waals surface area contributed by atoms with Crippen LogP contribution >= 0.6 is 0 Å². The standard InChI is InChI=1S/C14H18N2O3/c1-19-12-4-2-3-10(7-12)11-8-13(17)16(6-5-15)14(18)9-11/h2-4,7,11H,5-6,8-9,15H2,1H3. The fourth-order valence-electron chi connectivity index (χ4n) is 2.36. The zero-order chi connectivity index (χ0) is 13.8. The second kappa shape index (κ2) is 5.84. The summed E-state index contributed by atoms with van der Waals surface area (Å²) in [5.41, 5.74) is 6.37. The number of methoxy groups -OCH3 is 1. The highest BCUT2D eigenvalue weighted by Crippen LogP contribution is 2.31. The number of likely N-dealkylation sites (tertiary alicyclic amines) is 1. The molecular weight excluding hydrogens is 244 g/mol. The van der Waals surface area contributed by atoms with Crippen molar-refractivity contribution in [1.82, 2.24) is 4.90 Å². The first-order valence-electron chi connectivity index (χ1n) is 6.33. The van der Waals surface area contributed by atoms with E-state index in [0.717, 1.165) is 11.3 Å². The van der Waals surface area contributed by atoms with Crippen LogP contribution in [0.1, 0.15) is 24.3 Å². The highest BCUT2D eigenvalue weighted by molar-refractivity contribution is 5.98. The van der Waals surface area contributed by atoms with E-state index >= 15 is 0 Å². The SMILES string of the molecule is COc1cccc(C2CC(=O)N(CCN)C(=O)C2)c1. The van der Waals surface area contributed by atoms with Gasteiger partial charge in [0.1, 0.15) is 5.75 Å². The number of benzene rings is 1. The average molecular weight is 262 g/mol. The lowest BCUT2D eigenvalue weighted by Gasteiger charge is -2.30.